The number of aliphatic hydroxyl groups is 1. The largest absolute Gasteiger partial charge is 0.496 e. The van der Waals surface area contributed by atoms with Crippen LogP contribution < -0.4 is 4.74 Å². The number of aliphatic hydroxyl groups excluding tert-OH is 1. The summed E-state index contributed by atoms with van der Waals surface area (Å²) in [7, 11) is 1.55. The average Bonchev–Trinajstić information content (AvgIpc) is 2.28. The van der Waals surface area contributed by atoms with Crippen molar-refractivity contribution >= 4 is 21.7 Å². The maximum absolute atomic E-state index is 12.5. The maximum atomic E-state index is 12.5. The molecule has 92 valence electrons. The van der Waals surface area contributed by atoms with Crippen LogP contribution in [0.5, 0.6) is 5.75 Å². The van der Waals surface area contributed by atoms with Gasteiger partial charge in [-0.15, -0.1) is 0 Å². The van der Waals surface area contributed by atoms with Crippen LogP contribution in [0.4, 0.5) is 0 Å². The van der Waals surface area contributed by atoms with E-state index >= 15 is 0 Å². The molecule has 1 saturated carbocycles. The molecule has 1 aliphatic carbocycles. The number of hydrogen-bond acceptors (Lipinski definition) is 3. The molecule has 3 nitrogen and oxygen atoms in total. The molecule has 1 aliphatic rings. The Kier molecular flexibility index (Phi) is 3.54. The molecule has 0 saturated heterocycles. The summed E-state index contributed by atoms with van der Waals surface area (Å²) < 4.78 is 6.05. The first-order valence-corrected chi connectivity index (χ1v) is 6.41. The van der Waals surface area contributed by atoms with E-state index in [1.54, 1.807) is 19.2 Å². The highest BCUT2D eigenvalue weighted by Crippen LogP contribution is 2.44. The number of halogens is 1. The first-order chi connectivity index (χ1) is 8.13. The van der Waals surface area contributed by atoms with Crippen molar-refractivity contribution in [2.24, 2.45) is 5.41 Å². The lowest BCUT2D eigenvalue weighted by atomic mass is 9.65. The fourth-order valence-electron chi connectivity index (χ4n) is 2.20. The van der Waals surface area contributed by atoms with Crippen molar-refractivity contribution in [3.05, 3.63) is 28.2 Å². The SMILES string of the molecule is COc1ccc(Br)cc1C(=O)C1(CO)CCC1. The van der Waals surface area contributed by atoms with Gasteiger partial charge < -0.3 is 9.84 Å². The third kappa shape index (κ3) is 2.11. The minimum atomic E-state index is -0.575. The van der Waals surface area contributed by atoms with Gasteiger partial charge in [-0.2, -0.15) is 0 Å². The Hall–Kier alpha value is -0.870. The van der Waals surface area contributed by atoms with Crippen LogP contribution in [-0.2, 0) is 0 Å². The summed E-state index contributed by atoms with van der Waals surface area (Å²) >= 11 is 3.35. The van der Waals surface area contributed by atoms with E-state index in [0.29, 0.717) is 11.3 Å². The fraction of sp³-hybridized carbons (Fsp3) is 0.462. The van der Waals surface area contributed by atoms with E-state index in [1.807, 2.05) is 6.07 Å². The van der Waals surface area contributed by atoms with Gasteiger partial charge in [0.1, 0.15) is 5.75 Å². The minimum absolute atomic E-state index is 0.00981. The Labute approximate surface area is 109 Å². The lowest BCUT2D eigenvalue weighted by Crippen LogP contribution is -2.41. The van der Waals surface area contributed by atoms with Gasteiger partial charge >= 0.3 is 0 Å². The standard InChI is InChI=1S/C13H15BrO3/c1-17-11-4-3-9(14)7-10(11)12(16)13(8-15)5-2-6-13/h3-4,7,15H,2,5-6,8H2,1H3. The Morgan fingerprint density at radius 2 is 2.24 bits per heavy atom. The number of carbonyl (C=O) groups is 1. The van der Waals surface area contributed by atoms with E-state index < -0.39 is 5.41 Å². The van der Waals surface area contributed by atoms with Crippen LogP contribution >= 0.6 is 15.9 Å². The zero-order valence-electron chi connectivity index (χ0n) is 9.70. The van der Waals surface area contributed by atoms with Crippen LogP contribution in [0.1, 0.15) is 29.6 Å². The second kappa shape index (κ2) is 4.78. The minimum Gasteiger partial charge on any atom is -0.496 e. The van der Waals surface area contributed by atoms with Crippen LogP contribution in [0, 0.1) is 5.41 Å². The first kappa shape index (κ1) is 12.6. The number of ether oxygens (including phenoxy) is 1. The summed E-state index contributed by atoms with van der Waals surface area (Å²) in [6, 6.07) is 5.36. The van der Waals surface area contributed by atoms with Crippen LogP contribution in [0.3, 0.4) is 0 Å². The molecule has 1 fully saturated rings. The fourth-order valence-corrected chi connectivity index (χ4v) is 2.56. The summed E-state index contributed by atoms with van der Waals surface area (Å²) in [5.41, 5.74) is -0.0238. The molecule has 2 rings (SSSR count). The van der Waals surface area contributed by atoms with E-state index in [9.17, 15) is 9.90 Å². The molecular weight excluding hydrogens is 284 g/mol. The van der Waals surface area contributed by atoms with E-state index in [1.165, 1.54) is 0 Å². The molecule has 4 heteroatoms. The summed E-state index contributed by atoms with van der Waals surface area (Å²) in [5, 5.41) is 9.43. The number of rotatable bonds is 4. The van der Waals surface area contributed by atoms with Gasteiger partial charge in [-0.1, -0.05) is 22.4 Å². The number of methoxy groups -OCH3 is 1. The number of benzene rings is 1. The topological polar surface area (TPSA) is 46.5 Å². The van der Waals surface area contributed by atoms with Gasteiger partial charge in [0.2, 0.25) is 0 Å². The Morgan fingerprint density at radius 3 is 2.71 bits per heavy atom. The Morgan fingerprint density at radius 1 is 1.53 bits per heavy atom. The highest BCUT2D eigenvalue weighted by Gasteiger charge is 2.44. The van der Waals surface area contributed by atoms with Crippen LogP contribution in [0.25, 0.3) is 0 Å². The molecule has 1 aromatic carbocycles. The molecule has 0 bridgehead atoms. The van der Waals surface area contributed by atoms with Gasteiger partial charge in [0.15, 0.2) is 5.78 Å². The quantitative estimate of drug-likeness (QED) is 0.870. The molecule has 0 amide bonds. The molecule has 17 heavy (non-hydrogen) atoms. The summed E-state index contributed by atoms with van der Waals surface area (Å²) in [4.78, 5) is 12.5. The molecule has 0 unspecified atom stereocenters. The molecule has 1 N–H and O–H groups in total. The second-order valence-corrected chi connectivity index (χ2v) is 5.38. The highest BCUT2D eigenvalue weighted by molar-refractivity contribution is 9.10. The van der Waals surface area contributed by atoms with Gasteiger partial charge in [-0.05, 0) is 31.0 Å². The number of Topliss-reactive ketones (excluding diaryl/α,β-unsaturated/α-hetero) is 1. The van der Waals surface area contributed by atoms with Gasteiger partial charge in [0.05, 0.1) is 24.7 Å². The van der Waals surface area contributed by atoms with E-state index in [4.69, 9.17) is 4.74 Å². The smallest absolute Gasteiger partial charge is 0.175 e. The van der Waals surface area contributed by atoms with Crippen molar-refractivity contribution < 1.29 is 14.6 Å². The Bertz CT molecular complexity index is 433. The van der Waals surface area contributed by atoms with Crippen molar-refractivity contribution in [2.45, 2.75) is 19.3 Å². The van der Waals surface area contributed by atoms with Crippen molar-refractivity contribution in [3.63, 3.8) is 0 Å². The lowest BCUT2D eigenvalue weighted by Gasteiger charge is -2.38. The zero-order chi connectivity index (χ0) is 12.5. The van der Waals surface area contributed by atoms with E-state index in [2.05, 4.69) is 15.9 Å². The summed E-state index contributed by atoms with van der Waals surface area (Å²) in [6.07, 6.45) is 2.53. The Balaban J connectivity index is 2.39. The lowest BCUT2D eigenvalue weighted by molar-refractivity contribution is 0.0345. The number of carbonyl (C=O) groups excluding carboxylic acids is 1. The predicted octanol–water partition coefficient (Wildman–Crippen LogP) is 2.80. The van der Waals surface area contributed by atoms with Crippen molar-refractivity contribution in [2.75, 3.05) is 13.7 Å². The van der Waals surface area contributed by atoms with E-state index in [0.717, 1.165) is 23.7 Å². The molecule has 0 aromatic heterocycles. The maximum Gasteiger partial charge on any atom is 0.175 e. The zero-order valence-corrected chi connectivity index (χ0v) is 11.3. The van der Waals surface area contributed by atoms with Crippen LogP contribution in [-0.4, -0.2) is 24.6 Å². The highest BCUT2D eigenvalue weighted by atomic mass is 79.9. The van der Waals surface area contributed by atoms with Crippen LogP contribution in [0.15, 0.2) is 22.7 Å². The molecule has 0 heterocycles. The monoisotopic (exact) mass is 298 g/mol. The summed E-state index contributed by atoms with van der Waals surface area (Å²) in [5.74, 6) is 0.558. The molecule has 0 aliphatic heterocycles. The van der Waals surface area contributed by atoms with Gasteiger partial charge in [-0.25, -0.2) is 0 Å². The van der Waals surface area contributed by atoms with Crippen LogP contribution in [0.2, 0.25) is 0 Å². The molecule has 0 spiro atoms. The van der Waals surface area contributed by atoms with Gasteiger partial charge in [-0.3, -0.25) is 4.79 Å². The first-order valence-electron chi connectivity index (χ1n) is 5.62. The van der Waals surface area contributed by atoms with Crippen molar-refractivity contribution in [1.82, 2.24) is 0 Å². The third-order valence-corrected chi connectivity index (χ3v) is 3.99. The van der Waals surface area contributed by atoms with Crippen molar-refractivity contribution in [1.29, 1.82) is 0 Å². The number of hydrogen-bond donors (Lipinski definition) is 1. The third-order valence-electron chi connectivity index (χ3n) is 3.50. The summed E-state index contributed by atoms with van der Waals surface area (Å²) in [6.45, 7) is -0.0818. The van der Waals surface area contributed by atoms with E-state index in [-0.39, 0.29) is 12.4 Å². The van der Waals surface area contributed by atoms with Gasteiger partial charge in [0, 0.05) is 4.47 Å². The predicted molar refractivity (Wildman–Crippen MR) is 68.4 cm³/mol. The van der Waals surface area contributed by atoms with Crippen molar-refractivity contribution in [3.8, 4) is 5.75 Å². The molecule has 1 aromatic rings. The molecule has 0 atom stereocenters. The van der Waals surface area contributed by atoms with Gasteiger partial charge in [0.25, 0.3) is 0 Å². The average molecular weight is 299 g/mol. The number of ketones is 1. The molecule has 0 radical (unpaired) electrons. The molecular formula is C13H15BrO3. The second-order valence-electron chi connectivity index (χ2n) is 4.47. The normalized spacial score (nSPS) is 17.4.